The highest BCUT2D eigenvalue weighted by molar-refractivity contribution is 7.71. The molecule has 11 heteroatoms. The second-order valence-electron chi connectivity index (χ2n) is 4.15. The van der Waals surface area contributed by atoms with Gasteiger partial charge in [0.1, 0.15) is 16.8 Å². The highest BCUT2D eigenvalue weighted by atomic mass is 32.1. The fourth-order valence-electron chi connectivity index (χ4n) is 1.94. The summed E-state index contributed by atoms with van der Waals surface area (Å²) in [7, 11) is 0. The van der Waals surface area contributed by atoms with Crippen LogP contribution in [0, 0.1) is 4.64 Å². The van der Waals surface area contributed by atoms with Crippen LogP contribution in [0.25, 0.3) is 10.4 Å². The maximum atomic E-state index is 11.7. The Morgan fingerprint density at radius 2 is 2.35 bits per heavy atom. The van der Waals surface area contributed by atoms with E-state index in [1.807, 2.05) is 0 Å². The van der Waals surface area contributed by atoms with Crippen LogP contribution in [0.2, 0.25) is 0 Å². The van der Waals surface area contributed by atoms with Crippen molar-refractivity contribution in [3.63, 3.8) is 0 Å². The summed E-state index contributed by atoms with van der Waals surface area (Å²) in [4.78, 5) is 16.5. The molecule has 1 aromatic heterocycles. The van der Waals surface area contributed by atoms with Crippen LogP contribution in [-0.4, -0.2) is 49.4 Å². The third kappa shape index (κ3) is 2.22. The molecule has 0 aromatic carbocycles. The lowest BCUT2D eigenvalue weighted by molar-refractivity contribution is -0.125. The molecule has 10 nitrogen and oxygen atoms in total. The van der Waals surface area contributed by atoms with E-state index in [0.717, 1.165) is 4.57 Å². The predicted molar refractivity (Wildman–Crippen MR) is 67.0 cm³/mol. The van der Waals surface area contributed by atoms with E-state index in [9.17, 15) is 20.1 Å². The Hall–Kier alpha value is -1.75. The second kappa shape index (κ2) is 5.32. The van der Waals surface area contributed by atoms with Gasteiger partial charge in [0.2, 0.25) is 5.72 Å². The van der Waals surface area contributed by atoms with Gasteiger partial charge >= 0.3 is 5.69 Å². The molecule has 1 fully saturated rings. The van der Waals surface area contributed by atoms with Crippen molar-refractivity contribution in [2.75, 3.05) is 6.61 Å². The molecule has 108 valence electrons. The van der Waals surface area contributed by atoms with E-state index in [2.05, 4.69) is 15.0 Å². The Morgan fingerprint density at radius 1 is 1.65 bits per heavy atom. The standard InChI is InChI=1S/C9H11N5O5S/c10-13-12-9(3-15)6(17)5(16)7(19-9)14-2-1-4(20)11-8(14)18/h1-2,5-7,15-17H,3H2,(H,11,18,20)/t5-,6+,7?,9-/m1/s1. The van der Waals surface area contributed by atoms with Crippen molar-refractivity contribution in [1.29, 1.82) is 0 Å². The number of aromatic nitrogens is 2. The molecule has 2 rings (SSSR count). The minimum Gasteiger partial charge on any atom is -0.393 e. The number of aliphatic hydroxyl groups is 3. The average Bonchev–Trinajstić information content (AvgIpc) is 2.65. The van der Waals surface area contributed by atoms with Gasteiger partial charge in [0.05, 0.1) is 6.61 Å². The molecule has 1 aliphatic rings. The first-order valence-corrected chi connectivity index (χ1v) is 5.88. The third-order valence-corrected chi connectivity index (χ3v) is 3.21. The molecule has 1 aromatic rings. The average molecular weight is 301 g/mol. The Bertz CT molecular complexity index is 667. The zero-order chi connectivity index (χ0) is 14.9. The van der Waals surface area contributed by atoms with E-state index in [-0.39, 0.29) is 4.64 Å². The molecule has 0 bridgehead atoms. The molecular weight excluding hydrogens is 290 g/mol. The van der Waals surface area contributed by atoms with Crippen molar-refractivity contribution in [2.45, 2.75) is 24.2 Å². The second-order valence-corrected chi connectivity index (χ2v) is 4.59. The van der Waals surface area contributed by atoms with Crippen LogP contribution in [0.5, 0.6) is 0 Å². The summed E-state index contributed by atoms with van der Waals surface area (Å²) in [6, 6.07) is 1.38. The molecule has 4 atom stereocenters. The number of azide groups is 1. The van der Waals surface area contributed by atoms with E-state index in [1.165, 1.54) is 12.3 Å². The van der Waals surface area contributed by atoms with Crippen LogP contribution >= 0.6 is 12.2 Å². The number of hydrogen-bond donors (Lipinski definition) is 4. The van der Waals surface area contributed by atoms with Crippen LogP contribution in [0.15, 0.2) is 22.2 Å². The molecule has 1 aliphatic heterocycles. The largest absolute Gasteiger partial charge is 0.393 e. The number of H-pyrrole nitrogens is 1. The first-order valence-electron chi connectivity index (χ1n) is 5.48. The van der Waals surface area contributed by atoms with E-state index in [4.69, 9.17) is 22.5 Å². The summed E-state index contributed by atoms with van der Waals surface area (Å²) in [6.07, 6.45) is -3.34. The summed E-state index contributed by atoms with van der Waals surface area (Å²) in [6.45, 7) is -0.858. The first-order chi connectivity index (χ1) is 9.45. The van der Waals surface area contributed by atoms with Crippen molar-refractivity contribution >= 4 is 12.2 Å². The van der Waals surface area contributed by atoms with Crippen LogP contribution in [0.4, 0.5) is 0 Å². The van der Waals surface area contributed by atoms with Crippen LogP contribution in [0.1, 0.15) is 6.23 Å². The predicted octanol–water partition coefficient (Wildman–Crippen LogP) is -0.845. The number of rotatable bonds is 3. The van der Waals surface area contributed by atoms with Gasteiger partial charge in [0, 0.05) is 11.1 Å². The van der Waals surface area contributed by atoms with Crippen LogP contribution in [0.3, 0.4) is 0 Å². The molecule has 0 amide bonds. The molecule has 1 unspecified atom stereocenters. The quantitative estimate of drug-likeness (QED) is 0.246. The normalized spacial score (nSPS) is 32.9. The highest BCUT2D eigenvalue weighted by Gasteiger charge is 2.54. The minimum atomic E-state index is -2.05. The van der Waals surface area contributed by atoms with E-state index >= 15 is 0 Å². The van der Waals surface area contributed by atoms with Gasteiger partial charge in [-0.25, -0.2) is 4.79 Å². The van der Waals surface area contributed by atoms with Gasteiger partial charge in [-0.1, -0.05) is 17.3 Å². The first kappa shape index (κ1) is 14.7. The molecule has 2 heterocycles. The van der Waals surface area contributed by atoms with E-state index < -0.39 is 36.5 Å². The maximum Gasteiger partial charge on any atom is 0.328 e. The van der Waals surface area contributed by atoms with Crippen LogP contribution in [-0.2, 0) is 4.74 Å². The fourth-order valence-corrected chi connectivity index (χ4v) is 2.09. The van der Waals surface area contributed by atoms with Gasteiger partial charge in [0.25, 0.3) is 0 Å². The molecule has 4 N–H and O–H groups in total. The highest BCUT2D eigenvalue weighted by Crippen LogP contribution is 2.37. The molecular formula is C9H11N5O5S. The number of ether oxygens (including phenoxy) is 1. The maximum absolute atomic E-state index is 11.7. The zero-order valence-corrected chi connectivity index (χ0v) is 10.8. The summed E-state index contributed by atoms with van der Waals surface area (Å²) >= 11 is 4.77. The number of aliphatic hydroxyl groups excluding tert-OH is 3. The zero-order valence-electron chi connectivity index (χ0n) is 9.95. The molecule has 1 saturated heterocycles. The number of nitrogens with zero attached hydrogens (tertiary/aromatic N) is 4. The summed E-state index contributed by atoms with van der Waals surface area (Å²) < 4.78 is 6.33. The summed E-state index contributed by atoms with van der Waals surface area (Å²) in [5.74, 6) is 0. The molecule has 0 radical (unpaired) electrons. The van der Waals surface area contributed by atoms with Gasteiger partial charge in [-0.15, -0.1) is 0 Å². The van der Waals surface area contributed by atoms with Crippen molar-refractivity contribution in [1.82, 2.24) is 9.55 Å². The summed E-state index contributed by atoms with van der Waals surface area (Å²) in [5.41, 5.74) is 5.73. The topological polar surface area (TPSA) is 156 Å². The van der Waals surface area contributed by atoms with Crippen molar-refractivity contribution in [2.24, 2.45) is 5.11 Å². The lowest BCUT2D eigenvalue weighted by Gasteiger charge is -2.23. The van der Waals surface area contributed by atoms with Gasteiger partial charge in [-0.05, 0) is 11.6 Å². The number of nitrogens with one attached hydrogen (secondary N) is 1. The lowest BCUT2D eigenvalue weighted by atomic mass is 10.1. The van der Waals surface area contributed by atoms with Crippen molar-refractivity contribution in [3.8, 4) is 0 Å². The van der Waals surface area contributed by atoms with Crippen LogP contribution < -0.4 is 5.69 Å². The van der Waals surface area contributed by atoms with Crippen molar-refractivity contribution in [3.05, 3.63) is 37.8 Å². The molecule has 20 heavy (non-hydrogen) atoms. The number of aromatic amines is 1. The fraction of sp³-hybridized carbons (Fsp3) is 0.556. The SMILES string of the molecule is [N-]=[N+]=N[C@]1(CO)OC(n2ccc(=S)[nH]c2=O)[C@H](O)[C@@H]1O. The van der Waals surface area contributed by atoms with Gasteiger partial charge in [0.15, 0.2) is 6.23 Å². The lowest BCUT2D eigenvalue weighted by Crippen LogP contribution is -2.44. The van der Waals surface area contributed by atoms with Crippen molar-refractivity contribution < 1.29 is 20.1 Å². The minimum absolute atomic E-state index is 0.183. The third-order valence-electron chi connectivity index (χ3n) is 2.97. The Kier molecular flexibility index (Phi) is 3.90. The monoisotopic (exact) mass is 301 g/mol. The van der Waals surface area contributed by atoms with Gasteiger partial charge in [-0.3, -0.25) is 9.55 Å². The molecule has 0 saturated carbocycles. The number of hydrogen-bond acceptors (Lipinski definition) is 7. The Balaban J connectivity index is 2.47. The Morgan fingerprint density at radius 3 is 2.90 bits per heavy atom. The molecule has 0 spiro atoms. The van der Waals surface area contributed by atoms with Gasteiger partial charge in [-0.2, -0.15) is 0 Å². The van der Waals surface area contributed by atoms with E-state index in [0.29, 0.717) is 0 Å². The Labute approximate surface area is 116 Å². The molecule has 0 aliphatic carbocycles. The summed E-state index contributed by atoms with van der Waals surface area (Å²) in [5, 5.41) is 32.2. The smallest absolute Gasteiger partial charge is 0.328 e. The van der Waals surface area contributed by atoms with Gasteiger partial charge < -0.3 is 20.1 Å². The van der Waals surface area contributed by atoms with E-state index in [1.54, 1.807) is 0 Å².